The monoisotopic (exact) mass is 178 g/mol. The largest absolute Gasteiger partial charge is 0.377 e. The van der Waals surface area contributed by atoms with Crippen LogP contribution in [0.1, 0.15) is 19.8 Å². The van der Waals surface area contributed by atoms with Crippen LogP contribution in [0.15, 0.2) is 0 Å². The third kappa shape index (κ3) is 2.79. The summed E-state index contributed by atoms with van der Waals surface area (Å²) < 4.78 is 27.2. The minimum Gasteiger partial charge on any atom is -0.377 e. The number of hydrogen-bond donors (Lipinski definition) is 0. The zero-order valence-electron chi connectivity index (χ0n) is 6.75. The zero-order chi connectivity index (χ0) is 8.32. The Labute approximate surface area is 67.7 Å². The van der Waals surface area contributed by atoms with Crippen LogP contribution in [0.4, 0.5) is 0 Å². The molecule has 0 saturated carbocycles. The van der Waals surface area contributed by atoms with Crippen LogP contribution in [0, 0.1) is 0 Å². The van der Waals surface area contributed by atoms with Gasteiger partial charge < -0.3 is 4.74 Å². The SMILES string of the molecule is CCCO[C@H]1CCS(=O)(=O)C1. The Bertz CT molecular complexity index is 208. The zero-order valence-corrected chi connectivity index (χ0v) is 7.56. The number of ether oxygens (including phenoxy) is 1. The van der Waals surface area contributed by atoms with Crippen molar-refractivity contribution in [1.82, 2.24) is 0 Å². The summed E-state index contributed by atoms with van der Waals surface area (Å²) in [5.74, 6) is 0.536. The van der Waals surface area contributed by atoms with Gasteiger partial charge in [0.05, 0.1) is 17.6 Å². The van der Waals surface area contributed by atoms with Crippen LogP contribution >= 0.6 is 0 Å². The fraction of sp³-hybridized carbons (Fsp3) is 1.00. The molecule has 0 aromatic heterocycles. The van der Waals surface area contributed by atoms with Crippen molar-refractivity contribution in [1.29, 1.82) is 0 Å². The normalized spacial score (nSPS) is 29.0. The molecular weight excluding hydrogens is 164 g/mol. The Morgan fingerprint density at radius 1 is 1.55 bits per heavy atom. The van der Waals surface area contributed by atoms with E-state index in [2.05, 4.69) is 0 Å². The summed E-state index contributed by atoms with van der Waals surface area (Å²) in [4.78, 5) is 0. The van der Waals surface area contributed by atoms with Crippen LogP contribution < -0.4 is 0 Å². The maximum Gasteiger partial charge on any atom is 0.152 e. The molecule has 66 valence electrons. The molecule has 1 aliphatic rings. The first kappa shape index (κ1) is 9.00. The van der Waals surface area contributed by atoms with Gasteiger partial charge in [-0.15, -0.1) is 0 Å². The fourth-order valence-electron chi connectivity index (χ4n) is 1.18. The van der Waals surface area contributed by atoms with Crippen molar-refractivity contribution in [3.05, 3.63) is 0 Å². The minimum atomic E-state index is -2.75. The van der Waals surface area contributed by atoms with Gasteiger partial charge in [0.25, 0.3) is 0 Å². The van der Waals surface area contributed by atoms with Crippen LogP contribution in [0.3, 0.4) is 0 Å². The molecule has 0 aliphatic carbocycles. The molecule has 4 heteroatoms. The van der Waals surface area contributed by atoms with Crippen molar-refractivity contribution >= 4 is 9.84 Å². The predicted octanol–water partition coefficient (Wildman–Crippen LogP) is 0.600. The summed E-state index contributed by atoms with van der Waals surface area (Å²) >= 11 is 0. The smallest absolute Gasteiger partial charge is 0.152 e. The van der Waals surface area contributed by atoms with E-state index in [4.69, 9.17) is 4.74 Å². The molecule has 1 aliphatic heterocycles. The summed E-state index contributed by atoms with van der Waals surface area (Å²) in [6.45, 7) is 2.70. The molecule has 0 unspecified atom stereocenters. The van der Waals surface area contributed by atoms with Crippen molar-refractivity contribution in [3.8, 4) is 0 Å². The molecule has 0 radical (unpaired) electrons. The summed E-state index contributed by atoms with van der Waals surface area (Å²) in [6.07, 6.45) is 1.61. The number of hydrogen-bond acceptors (Lipinski definition) is 3. The van der Waals surface area contributed by atoms with Crippen LogP contribution in [0.25, 0.3) is 0 Å². The molecule has 1 rings (SSSR count). The molecule has 1 heterocycles. The van der Waals surface area contributed by atoms with Crippen molar-refractivity contribution in [3.63, 3.8) is 0 Å². The molecule has 0 amide bonds. The lowest BCUT2D eigenvalue weighted by Gasteiger charge is -2.07. The average molecular weight is 178 g/mol. The second kappa shape index (κ2) is 3.54. The van der Waals surface area contributed by atoms with Gasteiger partial charge in [-0.1, -0.05) is 6.92 Å². The van der Waals surface area contributed by atoms with E-state index in [1.165, 1.54) is 0 Å². The highest BCUT2D eigenvalue weighted by atomic mass is 32.2. The Kier molecular flexibility index (Phi) is 2.90. The molecule has 0 spiro atoms. The lowest BCUT2D eigenvalue weighted by atomic mass is 10.3. The van der Waals surface area contributed by atoms with Gasteiger partial charge in [-0.25, -0.2) is 8.42 Å². The Morgan fingerprint density at radius 3 is 2.73 bits per heavy atom. The predicted molar refractivity (Wildman–Crippen MR) is 43.3 cm³/mol. The van der Waals surface area contributed by atoms with Crippen LogP contribution in [-0.2, 0) is 14.6 Å². The van der Waals surface area contributed by atoms with Crippen molar-refractivity contribution in [2.45, 2.75) is 25.9 Å². The summed E-state index contributed by atoms with van der Waals surface area (Å²) in [5, 5.41) is 0. The van der Waals surface area contributed by atoms with Crippen molar-refractivity contribution < 1.29 is 13.2 Å². The van der Waals surface area contributed by atoms with E-state index < -0.39 is 9.84 Å². The summed E-state index contributed by atoms with van der Waals surface area (Å²) in [5.41, 5.74) is 0. The van der Waals surface area contributed by atoms with Gasteiger partial charge in [-0.2, -0.15) is 0 Å². The van der Waals surface area contributed by atoms with E-state index in [0.29, 0.717) is 18.8 Å². The molecule has 3 nitrogen and oxygen atoms in total. The molecular formula is C7H14O3S. The molecule has 1 fully saturated rings. The first-order chi connectivity index (χ1) is 5.14. The maximum atomic E-state index is 10.9. The molecule has 1 saturated heterocycles. The van der Waals surface area contributed by atoms with E-state index in [1.54, 1.807) is 0 Å². The van der Waals surface area contributed by atoms with Gasteiger partial charge >= 0.3 is 0 Å². The molecule has 0 aromatic rings. The molecule has 0 aromatic carbocycles. The highest BCUT2D eigenvalue weighted by molar-refractivity contribution is 7.91. The molecule has 0 N–H and O–H groups in total. The van der Waals surface area contributed by atoms with E-state index in [-0.39, 0.29) is 11.9 Å². The van der Waals surface area contributed by atoms with Gasteiger partial charge in [-0.05, 0) is 12.8 Å². The van der Waals surface area contributed by atoms with Gasteiger partial charge in [0.1, 0.15) is 0 Å². The van der Waals surface area contributed by atoms with Crippen LogP contribution in [0.2, 0.25) is 0 Å². The number of sulfone groups is 1. The number of rotatable bonds is 3. The second-order valence-corrected chi connectivity index (χ2v) is 5.12. The van der Waals surface area contributed by atoms with E-state index in [1.807, 2.05) is 6.92 Å². The van der Waals surface area contributed by atoms with Gasteiger partial charge in [0.15, 0.2) is 9.84 Å². The highest BCUT2D eigenvalue weighted by Crippen LogP contribution is 2.14. The fourth-order valence-corrected chi connectivity index (χ4v) is 2.79. The van der Waals surface area contributed by atoms with Gasteiger partial charge in [0.2, 0.25) is 0 Å². The quantitative estimate of drug-likeness (QED) is 0.635. The molecule has 1 atom stereocenters. The molecule has 0 bridgehead atoms. The summed E-state index contributed by atoms with van der Waals surface area (Å²) in [6, 6.07) is 0. The van der Waals surface area contributed by atoms with Crippen molar-refractivity contribution in [2.24, 2.45) is 0 Å². The van der Waals surface area contributed by atoms with Gasteiger partial charge in [-0.3, -0.25) is 0 Å². The van der Waals surface area contributed by atoms with Crippen LogP contribution in [0.5, 0.6) is 0 Å². The topological polar surface area (TPSA) is 43.4 Å². The highest BCUT2D eigenvalue weighted by Gasteiger charge is 2.27. The maximum absolute atomic E-state index is 10.9. The van der Waals surface area contributed by atoms with E-state index in [0.717, 1.165) is 6.42 Å². The third-order valence-electron chi connectivity index (χ3n) is 1.75. The lowest BCUT2D eigenvalue weighted by molar-refractivity contribution is 0.0715. The first-order valence-electron chi connectivity index (χ1n) is 3.96. The standard InChI is InChI=1S/C7H14O3S/c1-2-4-10-7-3-5-11(8,9)6-7/h7H,2-6H2,1H3/t7-/m0/s1. The Morgan fingerprint density at radius 2 is 2.27 bits per heavy atom. The van der Waals surface area contributed by atoms with E-state index in [9.17, 15) is 8.42 Å². The average Bonchev–Trinajstić information content (AvgIpc) is 2.26. The first-order valence-corrected chi connectivity index (χ1v) is 5.78. The molecule has 11 heavy (non-hydrogen) atoms. The van der Waals surface area contributed by atoms with Crippen LogP contribution in [-0.4, -0.2) is 32.6 Å². The van der Waals surface area contributed by atoms with E-state index >= 15 is 0 Å². The lowest BCUT2D eigenvalue weighted by Crippen LogP contribution is -2.14. The Hall–Kier alpha value is -0.0900. The third-order valence-corrected chi connectivity index (χ3v) is 3.49. The van der Waals surface area contributed by atoms with Gasteiger partial charge in [0, 0.05) is 6.61 Å². The Balaban J connectivity index is 2.31. The van der Waals surface area contributed by atoms with Crippen molar-refractivity contribution in [2.75, 3.05) is 18.1 Å². The second-order valence-electron chi connectivity index (χ2n) is 2.90. The summed E-state index contributed by atoms with van der Waals surface area (Å²) in [7, 11) is -2.75. The minimum absolute atomic E-state index is 0.0278.